The highest BCUT2D eigenvalue weighted by Gasteiger charge is 2.56. The van der Waals surface area contributed by atoms with Gasteiger partial charge >= 0.3 is 23.9 Å². The number of esters is 4. The zero-order chi connectivity index (χ0) is 46.0. The minimum Gasteiger partial charge on any atom is -0.462 e. The van der Waals surface area contributed by atoms with Gasteiger partial charge in [0.25, 0.3) is 0 Å². The van der Waals surface area contributed by atoms with Crippen molar-refractivity contribution in [1.82, 2.24) is 19.6 Å². The van der Waals surface area contributed by atoms with E-state index < -0.39 is 54.0 Å². The van der Waals surface area contributed by atoms with Crippen LogP contribution in [-0.2, 0) is 38.1 Å². The van der Waals surface area contributed by atoms with Crippen molar-refractivity contribution in [2.24, 2.45) is 5.41 Å². The lowest BCUT2D eigenvalue weighted by Crippen LogP contribution is -2.61. The van der Waals surface area contributed by atoms with E-state index in [9.17, 15) is 9.59 Å². The molecule has 4 aliphatic rings. The van der Waals surface area contributed by atoms with Gasteiger partial charge in [-0.25, -0.2) is 0 Å². The van der Waals surface area contributed by atoms with Crippen LogP contribution in [0, 0.1) is 5.41 Å². The molecule has 0 aromatic heterocycles. The molecule has 346 valence electrons. The molecule has 4 heterocycles. The van der Waals surface area contributed by atoms with Crippen LogP contribution in [0.25, 0.3) is 0 Å². The first-order chi connectivity index (χ1) is 26.9. The van der Waals surface area contributed by atoms with E-state index in [0.29, 0.717) is 51.4 Å². The number of piperidine rings is 4. The quantitative estimate of drug-likeness (QED) is 0.114. The summed E-state index contributed by atoms with van der Waals surface area (Å²) in [5.41, 5.74) is -4.46. The molecule has 4 aliphatic heterocycles. The molecule has 0 spiro atoms. The lowest BCUT2D eigenvalue weighted by atomic mass is 9.76. The van der Waals surface area contributed by atoms with Gasteiger partial charge in [-0.15, -0.1) is 0 Å². The van der Waals surface area contributed by atoms with Gasteiger partial charge < -0.3 is 18.9 Å². The molecular weight excluding hydrogens is 761 g/mol. The van der Waals surface area contributed by atoms with Crippen molar-refractivity contribution in [3.05, 3.63) is 0 Å². The fraction of sp³-hybridized carbons (Fsp3) is 0.917. The highest BCUT2D eigenvalue weighted by Crippen LogP contribution is 2.45. The number of ether oxygens (including phenoxy) is 4. The van der Waals surface area contributed by atoms with Gasteiger partial charge in [0, 0.05) is 102 Å². The van der Waals surface area contributed by atoms with Gasteiger partial charge in [0.15, 0.2) is 5.41 Å². The van der Waals surface area contributed by atoms with Crippen LogP contribution >= 0.6 is 0 Å². The third kappa shape index (κ3) is 10.7. The molecule has 12 heteroatoms. The van der Waals surface area contributed by atoms with Gasteiger partial charge in [-0.1, -0.05) is 0 Å². The smallest absolute Gasteiger partial charge is 0.324 e. The van der Waals surface area contributed by atoms with Gasteiger partial charge in [0.1, 0.15) is 24.4 Å². The summed E-state index contributed by atoms with van der Waals surface area (Å²) in [6.07, 6.45) is 1.39. The number of hydrogen-bond donors (Lipinski definition) is 0. The minimum atomic E-state index is -2.16. The van der Waals surface area contributed by atoms with Crippen LogP contribution in [0.15, 0.2) is 0 Å². The van der Waals surface area contributed by atoms with Crippen LogP contribution in [0.2, 0.25) is 0 Å². The Morgan fingerprint density at radius 2 is 0.617 bits per heavy atom. The molecular formula is C48H86N4O8. The van der Waals surface area contributed by atoms with E-state index >= 15 is 9.59 Å². The molecule has 4 rings (SSSR count). The molecule has 0 bridgehead atoms. The summed E-state index contributed by atoms with van der Waals surface area (Å²) in [5.74, 6) is -2.92. The summed E-state index contributed by atoms with van der Waals surface area (Å²) in [6, 6.07) is 0. The topological polar surface area (TPSA) is 118 Å². The largest absolute Gasteiger partial charge is 0.462 e. The van der Waals surface area contributed by atoms with Crippen LogP contribution in [0.3, 0.4) is 0 Å². The maximum Gasteiger partial charge on any atom is 0.324 e. The molecule has 0 aromatic rings. The van der Waals surface area contributed by atoms with Crippen molar-refractivity contribution in [2.75, 3.05) is 28.2 Å². The highest BCUT2D eigenvalue weighted by molar-refractivity contribution is 6.03. The van der Waals surface area contributed by atoms with Crippen LogP contribution < -0.4 is 0 Å². The Kier molecular flexibility index (Phi) is 14.0. The Labute approximate surface area is 364 Å². The van der Waals surface area contributed by atoms with Gasteiger partial charge in [-0.3, -0.25) is 38.8 Å². The van der Waals surface area contributed by atoms with E-state index in [-0.39, 0.29) is 63.3 Å². The summed E-state index contributed by atoms with van der Waals surface area (Å²) in [7, 11) is 8.32. The van der Waals surface area contributed by atoms with Crippen molar-refractivity contribution >= 4 is 23.9 Å². The van der Waals surface area contributed by atoms with Gasteiger partial charge in [-0.05, 0) is 145 Å². The third-order valence-electron chi connectivity index (χ3n) is 16.2. The number of rotatable bonds is 11. The molecule has 4 fully saturated rings. The average Bonchev–Trinajstić information content (AvgIpc) is 3.04. The van der Waals surface area contributed by atoms with Crippen molar-refractivity contribution in [3.8, 4) is 0 Å². The summed E-state index contributed by atoms with van der Waals surface area (Å²) >= 11 is 0. The standard InChI is InChI=1S/C48H86N4O8/c1-40(2)23-32(24-41(3,4)49(40)17)57-36(53)21-22-48(38(55)59-34-27-44(9,10)51(19)45(11,12)28-34,39(56)60-35-29-46(13,14)52(20)47(15,16)30-35)31-37(54)58-33-25-42(5,6)50(18)43(7,8)26-33/h32-35H,21-31H2,1-20H3. The fourth-order valence-corrected chi connectivity index (χ4v) is 11.5. The zero-order valence-electron chi connectivity index (χ0n) is 41.6. The second-order valence-electron chi connectivity index (χ2n) is 24.4. The van der Waals surface area contributed by atoms with Gasteiger partial charge in [0.05, 0.1) is 6.42 Å². The molecule has 0 amide bonds. The Hall–Kier alpha value is -2.28. The molecule has 4 saturated heterocycles. The van der Waals surface area contributed by atoms with Crippen LogP contribution in [0.4, 0.5) is 0 Å². The van der Waals surface area contributed by atoms with E-state index in [1.807, 2.05) is 0 Å². The van der Waals surface area contributed by atoms with Crippen molar-refractivity contribution in [2.45, 2.75) is 250 Å². The molecule has 0 aliphatic carbocycles. The predicted octanol–water partition coefficient (Wildman–Crippen LogP) is 7.92. The molecule has 0 atom stereocenters. The average molecular weight is 847 g/mol. The van der Waals surface area contributed by atoms with Crippen molar-refractivity contribution in [1.29, 1.82) is 0 Å². The van der Waals surface area contributed by atoms with Crippen LogP contribution in [-0.4, -0.2) is 140 Å². The molecule has 0 unspecified atom stereocenters. The lowest BCUT2D eigenvalue weighted by molar-refractivity contribution is -0.194. The highest BCUT2D eigenvalue weighted by atomic mass is 16.6. The number of likely N-dealkylation sites (tertiary alicyclic amines) is 4. The number of hydrogen-bond acceptors (Lipinski definition) is 12. The van der Waals surface area contributed by atoms with E-state index in [2.05, 4.69) is 159 Å². The lowest BCUT2D eigenvalue weighted by Gasteiger charge is -2.54. The number of carbonyl (C=O) groups is 4. The molecule has 12 nitrogen and oxygen atoms in total. The van der Waals surface area contributed by atoms with E-state index in [0.717, 1.165) is 0 Å². The number of carbonyl (C=O) groups excluding carboxylic acids is 4. The first kappa shape index (κ1) is 50.4. The van der Waals surface area contributed by atoms with Crippen molar-refractivity contribution in [3.63, 3.8) is 0 Å². The Bertz CT molecular complexity index is 1480. The van der Waals surface area contributed by atoms with Crippen molar-refractivity contribution < 1.29 is 38.1 Å². The Balaban J connectivity index is 1.75. The molecule has 0 radical (unpaired) electrons. The first-order valence-electron chi connectivity index (χ1n) is 22.7. The number of nitrogens with zero attached hydrogens (tertiary/aromatic N) is 4. The van der Waals surface area contributed by atoms with E-state index in [1.54, 1.807) is 0 Å². The summed E-state index contributed by atoms with van der Waals surface area (Å²) in [5, 5.41) is 0. The van der Waals surface area contributed by atoms with Gasteiger partial charge in [-0.2, -0.15) is 0 Å². The molecule has 0 N–H and O–H groups in total. The minimum absolute atomic E-state index is 0.226. The second-order valence-corrected chi connectivity index (χ2v) is 24.4. The SMILES string of the molecule is CN1C(C)(C)CC(OC(=O)CCC(CC(=O)OC2CC(C)(C)N(C)C(C)(C)C2)(C(=O)OC2CC(C)(C)N(C)C(C)(C)C2)C(=O)OC2CC(C)(C)N(C)C(C)(C)C2)CC1(C)C. The maximum atomic E-state index is 15.2. The van der Waals surface area contributed by atoms with E-state index in [1.165, 1.54) is 0 Å². The van der Waals surface area contributed by atoms with E-state index in [4.69, 9.17) is 18.9 Å². The summed E-state index contributed by atoms with van der Waals surface area (Å²) in [4.78, 5) is 68.1. The van der Waals surface area contributed by atoms with Crippen LogP contribution in [0.1, 0.15) is 181 Å². The first-order valence-corrected chi connectivity index (χ1v) is 22.7. The monoisotopic (exact) mass is 847 g/mol. The molecule has 0 saturated carbocycles. The maximum absolute atomic E-state index is 15.2. The molecule has 60 heavy (non-hydrogen) atoms. The predicted molar refractivity (Wildman–Crippen MR) is 236 cm³/mol. The Morgan fingerprint density at radius 3 is 0.867 bits per heavy atom. The summed E-state index contributed by atoms with van der Waals surface area (Å²) < 4.78 is 25.4. The fourth-order valence-electron chi connectivity index (χ4n) is 11.5. The normalized spacial score (nSPS) is 27.5. The van der Waals surface area contributed by atoms with Crippen LogP contribution in [0.5, 0.6) is 0 Å². The Morgan fingerprint density at radius 1 is 0.400 bits per heavy atom. The third-order valence-corrected chi connectivity index (χ3v) is 16.2. The van der Waals surface area contributed by atoms with Gasteiger partial charge in [0.2, 0.25) is 0 Å². The molecule has 0 aromatic carbocycles. The summed E-state index contributed by atoms with van der Waals surface area (Å²) in [6.45, 7) is 34.0. The zero-order valence-corrected chi connectivity index (χ0v) is 41.6. The second kappa shape index (κ2) is 16.7.